The maximum absolute atomic E-state index is 5.70. The lowest BCUT2D eigenvalue weighted by atomic mass is 9.70. The number of hydrogen-bond acceptors (Lipinski definition) is 4. The van der Waals surface area contributed by atoms with Crippen molar-refractivity contribution in [1.82, 2.24) is 9.97 Å². The third-order valence-corrected chi connectivity index (χ3v) is 4.50. The summed E-state index contributed by atoms with van der Waals surface area (Å²) < 4.78 is 11.4. The van der Waals surface area contributed by atoms with Gasteiger partial charge in [-0.3, -0.25) is 0 Å². The van der Waals surface area contributed by atoms with E-state index in [0.29, 0.717) is 0 Å². The van der Waals surface area contributed by atoms with E-state index >= 15 is 0 Å². The molecule has 0 bridgehead atoms. The number of benzene rings is 1. The summed E-state index contributed by atoms with van der Waals surface area (Å²) in [7, 11) is 3.37. The number of hydrogen-bond donors (Lipinski definition) is 0. The molecule has 1 aliphatic rings. The molecule has 0 N–H and O–H groups in total. The molecule has 1 aromatic carbocycles. The lowest BCUT2D eigenvalue weighted by Gasteiger charge is -2.41. The van der Waals surface area contributed by atoms with Crippen molar-refractivity contribution in [3.63, 3.8) is 0 Å². The Hall–Kier alpha value is -2.10. The van der Waals surface area contributed by atoms with Gasteiger partial charge in [0.25, 0.3) is 0 Å². The summed E-state index contributed by atoms with van der Waals surface area (Å²) in [6.45, 7) is 8.40. The number of methoxy groups -OCH3 is 2. The normalized spacial score (nSPS) is 19.0. The molecule has 0 fully saturated rings. The summed E-state index contributed by atoms with van der Waals surface area (Å²) in [5, 5.41) is 0. The molecule has 0 amide bonds. The largest absolute Gasteiger partial charge is 0.497 e. The van der Waals surface area contributed by atoms with Crippen LogP contribution in [0.4, 0.5) is 0 Å². The number of aromatic nitrogens is 2. The van der Waals surface area contributed by atoms with Crippen LogP contribution < -0.4 is 0 Å². The number of rotatable bonds is 2. The number of nitrogens with zero attached hydrogens (tertiary/aromatic N) is 2. The molecule has 0 saturated heterocycles. The van der Waals surface area contributed by atoms with E-state index in [2.05, 4.69) is 27.7 Å². The Labute approximate surface area is 131 Å². The molecular weight excluding hydrogens is 276 g/mol. The first kappa shape index (κ1) is 14.8. The first-order chi connectivity index (χ1) is 10.3. The van der Waals surface area contributed by atoms with Crippen LogP contribution in [0.15, 0.2) is 35.8 Å². The van der Waals surface area contributed by atoms with Gasteiger partial charge in [-0.25, -0.2) is 9.97 Å². The fourth-order valence-electron chi connectivity index (χ4n) is 3.35. The van der Waals surface area contributed by atoms with Gasteiger partial charge in [0, 0.05) is 0 Å². The number of para-hydroxylation sites is 2. The number of ether oxygens (including phenoxy) is 2. The van der Waals surface area contributed by atoms with E-state index in [-0.39, 0.29) is 10.8 Å². The number of fused-ring (bicyclic) bond motifs is 2. The van der Waals surface area contributed by atoms with E-state index < -0.39 is 0 Å². The smallest absolute Gasteiger partial charge is 0.146 e. The fourth-order valence-corrected chi connectivity index (χ4v) is 3.35. The van der Waals surface area contributed by atoms with Crippen LogP contribution in [0.3, 0.4) is 0 Å². The summed E-state index contributed by atoms with van der Waals surface area (Å²) in [5.41, 5.74) is 2.94. The van der Waals surface area contributed by atoms with Crippen molar-refractivity contribution in [2.75, 3.05) is 14.2 Å². The van der Waals surface area contributed by atoms with E-state index in [9.17, 15) is 0 Å². The Morgan fingerprint density at radius 3 is 1.41 bits per heavy atom. The average Bonchev–Trinajstić information content (AvgIpc) is 2.49. The molecule has 4 heteroatoms. The average molecular weight is 298 g/mol. The zero-order chi connectivity index (χ0) is 16.1. The first-order valence-electron chi connectivity index (χ1n) is 7.45. The van der Waals surface area contributed by atoms with Gasteiger partial charge in [-0.05, 0) is 39.8 Å². The summed E-state index contributed by atoms with van der Waals surface area (Å²) in [6, 6.07) is 7.96. The van der Waals surface area contributed by atoms with Crippen LogP contribution in [-0.2, 0) is 20.3 Å². The molecule has 22 heavy (non-hydrogen) atoms. The molecule has 0 atom stereocenters. The minimum Gasteiger partial charge on any atom is -0.497 e. The minimum absolute atomic E-state index is 0.387. The Morgan fingerprint density at radius 2 is 1.09 bits per heavy atom. The van der Waals surface area contributed by atoms with Gasteiger partial charge in [-0.1, -0.05) is 12.1 Å². The highest BCUT2D eigenvalue weighted by atomic mass is 16.5. The van der Waals surface area contributed by atoms with Crippen LogP contribution in [0.5, 0.6) is 0 Å². The van der Waals surface area contributed by atoms with E-state index in [1.165, 1.54) is 0 Å². The van der Waals surface area contributed by atoms with Gasteiger partial charge in [-0.2, -0.15) is 0 Å². The molecule has 0 radical (unpaired) electrons. The van der Waals surface area contributed by atoms with Gasteiger partial charge < -0.3 is 9.47 Å². The Balaban J connectivity index is 2.41. The van der Waals surface area contributed by atoms with Crippen LogP contribution in [0.25, 0.3) is 11.0 Å². The van der Waals surface area contributed by atoms with E-state index in [1.54, 1.807) is 14.2 Å². The molecular formula is C18H22N2O2. The van der Waals surface area contributed by atoms with Gasteiger partial charge in [0.1, 0.15) is 11.5 Å². The molecule has 2 aromatic rings. The standard InChI is InChI=1S/C18H22N2O2/c1-17(2)13-14(18(3,4)16(22-6)15(17)21-5)20-12-10-8-7-9-11(12)19-13/h7-10H,1-6H3. The highest BCUT2D eigenvalue weighted by Gasteiger charge is 2.48. The quantitative estimate of drug-likeness (QED) is 0.848. The minimum atomic E-state index is -0.387. The predicted molar refractivity (Wildman–Crippen MR) is 86.6 cm³/mol. The third-order valence-electron chi connectivity index (χ3n) is 4.50. The molecule has 0 unspecified atom stereocenters. The maximum atomic E-state index is 5.70. The fraction of sp³-hybridized carbons (Fsp3) is 0.444. The highest BCUT2D eigenvalue weighted by molar-refractivity contribution is 5.75. The zero-order valence-electron chi connectivity index (χ0n) is 14.0. The Kier molecular flexibility index (Phi) is 3.17. The van der Waals surface area contributed by atoms with Crippen molar-refractivity contribution in [3.8, 4) is 0 Å². The van der Waals surface area contributed by atoms with Gasteiger partial charge in [0.05, 0.1) is 47.5 Å². The van der Waals surface area contributed by atoms with Crippen LogP contribution in [0.1, 0.15) is 39.1 Å². The second-order valence-corrected chi connectivity index (χ2v) is 6.73. The predicted octanol–water partition coefficient (Wildman–Crippen LogP) is 3.70. The van der Waals surface area contributed by atoms with Gasteiger partial charge in [0.15, 0.2) is 0 Å². The number of allylic oxidation sites excluding steroid dienone is 2. The summed E-state index contributed by atoms with van der Waals surface area (Å²) in [4.78, 5) is 9.80. The van der Waals surface area contributed by atoms with E-state index in [1.807, 2.05) is 24.3 Å². The second-order valence-electron chi connectivity index (χ2n) is 6.73. The molecule has 0 saturated carbocycles. The van der Waals surface area contributed by atoms with Gasteiger partial charge >= 0.3 is 0 Å². The molecule has 1 aliphatic carbocycles. The van der Waals surface area contributed by atoms with Crippen LogP contribution in [-0.4, -0.2) is 24.2 Å². The molecule has 116 valence electrons. The van der Waals surface area contributed by atoms with E-state index in [4.69, 9.17) is 19.4 Å². The van der Waals surface area contributed by atoms with Crippen LogP contribution in [0, 0.1) is 0 Å². The topological polar surface area (TPSA) is 44.2 Å². The summed E-state index contributed by atoms with van der Waals surface area (Å²) in [6.07, 6.45) is 0. The lowest BCUT2D eigenvalue weighted by molar-refractivity contribution is 0.142. The molecule has 0 aliphatic heterocycles. The Morgan fingerprint density at radius 1 is 0.727 bits per heavy atom. The highest BCUT2D eigenvalue weighted by Crippen LogP contribution is 2.48. The van der Waals surface area contributed by atoms with E-state index in [0.717, 1.165) is 33.9 Å². The Bertz CT molecular complexity index is 711. The van der Waals surface area contributed by atoms with Crippen molar-refractivity contribution < 1.29 is 9.47 Å². The molecule has 1 aromatic heterocycles. The van der Waals surface area contributed by atoms with Crippen molar-refractivity contribution in [1.29, 1.82) is 0 Å². The second kappa shape index (κ2) is 4.70. The zero-order valence-corrected chi connectivity index (χ0v) is 14.0. The van der Waals surface area contributed by atoms with Crippen molar-refractivity contribution in [2.45, 2.75) is 38.5 Å². The van der Waals surface area contributed by atoms with Crippen molar-refractivity contribution >= 4 is 11.0 Å². The summed E-state index contributed by atoms with van der Waals surface area (Å²) in [5.74, 6) is 1.63. The van der Waals surface area contributed by atoms with Crippen molar-refractivity contribution in [3.05, 3.63) is 47.2 Å². The third kappa shape index (κ3) is 1.83. The molecule has 3 rings (SSSR count). The van der Waals surface area contributed by atoms with Crippen LogP contribution >= 0.6 is 0 Å². The first-order valence-corrected chi connectivity index (χ1v) is 7.45. The van der Waals surface area contributed by atoms with Crippen LogP contribution in [0.2, 0.25) is 0 Å². The van der Waals surface area contributed by atoms with Gasteiger partial charge in [0.2, 0.25) is 0 Å². The molecule has 0 spiro atoms. The maximum Gasteiger partial charge on any atom is 0.146 e. The molecule has 4 nitrogen and oxygen atoms in total. The SMILES string of the molecule is COC1=C(OC)C(C)(C)c2nc3ccccc3nc2C1(C)C. The van der Waals surface area contributed by atoms with Gasteiger partial charge in [-0.15, -0.1) is 0 Å². The summed E-state index contributed by atoms with van der Waals surface area (Å²) >= 11 is 0. The monoisotopic (exact) mass is 298 g/mol. The lowest BCUT2D eigenvalue weighted by Crippen LogP contribution is -2.40. The molecule has 1 heterocycles. The van der Waals surface area contributed by atoms with Crippen molar-refractivity contribution in [2.24, 2.45) is 0 Å².